The summed E-state index contributed by atoms with van der Waals surface area (Å²) in [5, 5.41) is -0.00439. The summed E-state index contributed by atoms with van der Waals surface area (Å²) in [5.74, 6) is -0.0323. The van der Waals surface area contributed by atoms with Crippen LogP contribution in [0.5, 0.6) is 5.88 Å². The molecule has 0 aliphatic rings. The van der Waals surface area contributed by atoms with Gasteiger partial charge in [-0.25, -0.2) is 4.98 Å². The molecule has 0 aliphatic carbocycles. The summed E-state index contributed by atoms with van der Waals surface area (Å²) in [6, 6.07) is 0. The second-order valence-corrected chi connectivity index (χ2v) is 4.01. The van der Waals surface area contributed by atoms with Crippen LogP contribution >= 0.6 is 11.6 Å². The quantitative estimate of drug-likeness (QED) is 0.578. The van der Waals surface area contributed by atoms with Gasteiger partial charge in [0.2, 0.25) is 11.1 Å². The van der Waals surface area contributed by atoms with E-state index in [4.69, 9.17) is 16.3 Å². The summed E-state index contributed by atoms with van der Waals surface area (Å²) in [6.07, 6.45) is 2.92. The largest absolute Gasteiger partial charge is 0.475 e. The number of ether oxygens (including phenoxy) is 1. The van der Waals surface area contributed by atoms with E-state index in [-0.39, 0.29) is 11.2 Å². The molecule has 1 aromatic rings. The lowest BCUT2D eigenvalue weighted by atomic mass is 10.1. The number of aromatic nitrogens is 2. The van der Waals surface area contributed by atoms with E-state index in [9.17, 15) is 4.39 Å². The maximum absolute atomic E-state index is 13.0. The highest BCUT2D eigenvalue weighted by molar-refractivity contribution is 6.28. The zero-order valence-corrected chi connectivity index (χ0v) is 9.59. The molecule has 0 unspecified atom stereocenters. The van der Waals surface area contributed by atoms with Crippen molar-refractivity contribution in [2.75, 3.05) is 6.61 Å². The molecule has 0 spiro atoms. The highest BCUT2D eigenvalue weighted by Gasteiger charge is 2.06. The summed E-state index contributed by atoms with van der Waals surface area (Å²) in [4.78, 5) is 7.14. The Morgan fingerprint density at radius 3 is 2.93 bits per heavy atom. The lowest BCUT2D eigenvalue weighted by Gasteiger charge is -2.07. The topological polar surface area (TPSA) is 35.0 Å². The Balaban J connectivity index is 2.40. The van der Waals surface area contributed by atoms with Crippen LogP contribution in [-0.4, -0.2) is 16.6 Å². The lowest BCUT2D eigenvalue weighted by Crippen LogP contribution is -2.03. The van der Waals surface area contributed by atoms with E-state index in [0.29, 0.717) is 12.5 Å². The van der Waals surface area contributed by atoms with Crippen LogP contribution in [0.3, 0.4) is 0 Å². The maximum atomic E-state index is 13.0. The molecule has 0 N–H and O–H groups in total. The van der Waals surface area contributed by atoms with Crippen molar-refractivity contribution in [3.05, 3.63) is 17.3 Å². The van der Waals surface area contributed by atoms with E-state index in [0.717, 1.165) is 19.0 Å². The zero-order valence-electron chi connectivity index (χ0n) is 8.83. The molecule has 1 heterocycles. The van der Waals surface area contributed by atoms with Gasteiger partial charge in [0.15, 0.2) is 0 Å². The van der Waals surface area contributed by atoms with E-state index >= 15 is 0 Å². The first kappa shape index (κ1) is 12.2. The van der Waals surface area contributed by atoms with Crippen molar-refractivity contribution in [2.45, 2.75) is 26.7 Å². The van der Waals surface area contributed by atoms with Gasteiger partial charge in [-0.05, 0) is 30.4 Å². The standard InChI is InChI=1S/C10H14ClFN2O/c1-7(2)4-3-5-15-9-8(12)6-13-10(11)14-9/h6-7H,3-5H2,1-2H3. The fraction of sp³-hybridized carbons (Fsp3) is 0.600. The number of rotatable bonds is 5. The minimum absolute atomic E-state index is 0.00439. The Hall–Kier alpha value is -0.900. The highest BCUT2D eigenvalue weighted by Crippen LogP contribution is 2.15. The third kappa shape index (κ3) is 4.42. The van der Waals surface area contributed by atoms with Gasteiger partial charge >= 0.3 is 0 Å². The van der Waals surface area contributed by atoms with Gasteiger partial charge in [-0.2, -0.15) is 9.37 Å². The predicted octanol–water partition coefficient (Wildman–Crippen LogP) is 3.08. The van der Waals surface area contributed by atoms with Gasteiger partial charge in [-0.3, -0.25) is 0 Å². The summed E-state index contributed by atoms with van der Waals surface area (Å²) < 4.78 is 18.2. The molecule has 3 nitrogen and oxygen atoms in total. The van der Waals surface area contributed by atoms with E-state index in [1.54, 1.807) is 0 Å². The zero-order chi connectivity index (χ0) is 11.3. The molecular formula is C10H14ClFN2O. The molecule has 0 fully saturated rings. The second-order valence-electron chi connectivity index (χ2n) is 3.68. The maximum Gasteiger partial charge on any atom is 0.254 e. The molecule has 0 aliphatic heterocycles. The van der Waals surface area contributed by atoms with Crippen LogP contribution in [0, 0.1) is 11.7 Å². The summed E-state index contributed by atoms with van der Waals surface area (Å²) in [7, 11) is 0. The minimum Gasteiger partial charge on any atom is -0.475 e. The number of nitrogens with zero attached hydrogens (tertiary/aromatic N) is 2. The van der Waals surface area contributed by atoms with Crippen molar-refractivity contribution in [2.24, 2.45) is 5.92 Å². The van der Waals surface area contributed by atoms with Crippen LogP contribution in [0.15, 0.2) is 6.20 Å². The summed E-state index contributed by atoms with van der Waals surface area (Å²) in [6.45, 7) is 4.70. The first-order chi connectivity index (χ1) is 7.09. The molecule has 0 aromatic carbocycles. The molecule has 15 heavy (non-hydrogen) atoms. The van der Waals surface area contributed by atoms with E-state index in [1.165, 1.54) is 0 Å². The van der Waals surface area contributed by atoms with Crippen molar-refractivity contribution in [1.82, 2.24) is 9.97 Å². The van der Waals surface area contributed by atoms with Crippen molar-refractivity contribution in [3.63, 3.8) is 0 Å². The van der Waals surface area contributed by atoms with Gasteiger partial charge in [0.05, 0.1) is 12.8 Å². The van der Waals surface area contributed by atoms with Gasteiger partial charge in [0, 0.05) is 0 Å². The first-order valence-corrected chi connectivity index (χ1v) is 5.28. The minimum atomic E-state index is -0.580. The fourth-order valence-electron chi connectivity index (χ4n) is 1.09. The Labute approximate surface area is 93.6 Å². The second kappa shape index (κ2) is 5.85. The molecule has 5 heteroatoms. The molecule has 0 amide bonds. The highest BCUT2D eigenvalue weighted by atomic mass is 35.5. The average Bonchev–Trinajstić information content (AvgIpc) is 2.17. The van der Waals surface area contributed by atoms with Crippen LogP contribution < -0.4 is 4.74 Å². The monoisotopic (exact) mass is 232 g/mol. The predicted molar refractivity (Wildman–Crippen MR) is 56.6 cm³/mol. The molecular weight excluding hydrogens is 219 g/mol. The van der Waals surface area contributed by atoms with Crippen LogP contribution in [-0.2, 0) is 0 Å². The average molecular weight is 233 g/mol. The van der Waals surface area contributed by atoms with Gasteiger partial charge in [0.25, 0.3) is 5.88 Å². The molecule has 1 rings (SSSR count). The normalized spacial score (nSPS) is 10.7. The third-order valence-electron chi connectivity index (χ3n) is 1.85. The molecule has 0 saturated heterocycles. The Kier molecular flexibility index (Phi) is 4.75. The van der Waals surface area contributed by atoms with E-state index < -0.39 is 5.82 Å². The fourth-order valence-corrected chi connectivity index (χ4v) is 1.22. The Bertz CT molecular complexity index is 320. The number of hydrogen-bond donors (Lipinski definition) is 0. The smallest absolute Gasteiger partial charge is 0.254 e. The van der Waals surface area contributed by atoms with Gasteiger partial charge in [-0.15, -0.1) is 0 Å². The number of hydrogen-bond acceptors (Lipinski definition) is 3. The van der Waals surface area contributed by atoms with Gasteiger partial charge in [-0.1, -0.05) is 13.8 Å². The van der Waals surface area contributed by atoms with Crippen LogP contribution in [0.4, 0.5) is 4.39 Å². The molecule has 0 bridgehead atoms. The molecule has 0 atom stereocenters. The third-order valence-corrected chi connectivity index (χ3v) is 2.03. The molecule has 1 aromatic heterocycles. The Morgan fingerprint density at radius 2 is 2.27 bits per heavy atom. The van der Waals surface area contributed by atoms with E-state index in [1.807, 2.05) is 0 Å². The SMILES string of the molecule is CC(C)CCCOc1nc(Cl)ncc1F. The molecule has 0 saturated carbocycles. The summed E-state index contributed by atoms with van der Waals surface area (Å²) in [5.41, 5.74) is 0. The number of halogens is 2. The van der Waals surface area contributed by atoms with Crippen molar-refractivity contribution in [1.29, 1.82) is 0 Å². The molecule has 84 valence electrons. The van der Waals surface area contributed by atoms with Crippen molar-refractivity contribution < 1.29 is 9.13 Å². The Morgan fingerprint density at radius 1 is 1.53 bits per heavy atom. The van der Waals surface area contributed by atoms with Crippen molar-refractivity contribution in [3.8, 4) is 5.88 Å². The summed E-state index contributed by atoms with van der Waals surface area (Å²) >= 11 is 5.51. The van der Waals surface area contributed by atoms with Crippen LogP contribution in [0.25, 0.3) is 0 Å². The molecule has 0 radical (unpaired) electrons. The van der Waals surface area contributed by atoms with Crippen LogP contribution in [0.2, 0.25) is 5.28 Å². The van der Waals surface area contributed by atoms with E-state index in [2.05, 4.69) is 23.8 Å². The lowest BCUT2D eigenvalue weighted by molar-refractivity contribution is 0.272. The first-order valence-electron chi connectivity index (χ1n) is 4.90. The van der Waals surface area contributed by atoms with Crippen molar-refractivity contribution >= 4 is 11.6 Å². The van der Waals surface area contributed by atoms with Gasteiger partial charge in [0.1, 0.15) is 0 Å². The van der Waals surface area contributed by atoms with Gasteiger partial charge < -0.3 is 4.74 Å². The van der Waals surface area contributed by atoms with Crippen LogP contribution in [0.1, 0.15) is 26.7 Å².